The number of Topliss-reactive ketones (excluding diaryl/α,β-unsaturated/α-hetero) is 1. The molecule has 0 aromatic heterocycles. The van der Waals surface area contributed by atoms with Crippen molar-refractivity contribution in [1.82, 2.24) is 10.6 Å². The third kappa shape index (κ3) is 4.53. The summed E-state index contributed by atoms with van der Waals surface area (Å²) in [5.74, 6) is -0.420. The molecule has 0 aliphatic carbocycles. The summed E-state index contributed by atoms with van der Waals surface area (Å²) in [5, 5.41) is 14.7. The van der Waals surface area contributed by atoms with Crippen molar-refractivity contribution in [3.8, 4) is 0 Å². The van der Waals surface area contributed by atoms with Crippen LogP contribution in [0.2, 0.25) is 0 Å². The topological polar surface area (TPSA) is 108 Å². The molecular weight excluding hydrogens is 350 g/mol. The lowest BCUT2D eigenvalue weighted by Gasteiger charge is -2.22. The van der Waals surface area contributed by atoms with Crippen LogP contribution in [0.15, 0.2) is 30.3 Å². The van der Waals surface area contributed by atoms with E-state index in [1.807, 2.05) is 30.3 Å². The van der Waals surface area contributed by atoms with Gasteiger partial charge in [-0.15, -0.1) is 0 Å². The highest BCUT2D eigenvalue weighted by Gasteiger charge is 2.32. The van der Waals surface area contributed by atoms with E-state index in [4.69, 9.17) is 9.84 Å². The van der Waals surface area contributed by atoms with Gasteiger partial charge in [0.05, 0.1) is 19.1 Å². The minimum absolute atomic E-state index is 0.165. The number of benzene rings is 1. The van der Waals surface area contributed by atoms with Crippen LogP contribution in [0.25, 0.3) is 5.57 Å². The van der Waals surface area contributed by atoms with E-state index in [1.165, 1.54) is 11.8 Å². The number of cyclic esters (lactones) is 1. The predicted molar refractivity (Wildman–Crippen MR) is 99.2 cm³/mol. The molecule has 8 nitrogen and oxygen atoms in total. The second-order valence-electron chi connectivity index (χ2n) is 6.60. The Balaban J connectivity index is 1.68. The summed E-state index contributed by atoms with van der Waals surface area (Å²) in [5.41, 5.74) is 2.71. The Morgan fingerprint density at radius 3 is 2.74 bits per heavy atom. The number of nitrogens with zero attached hydrogens (tertiary/aromatic N) is 1. The van der Waals surface area contributed by atoms with Crippen LogP contribution < -0.4 is 15.5 Å². The van der Waals surface area contributed by atoms with E-state index in [9.17, 15) is 14.4 Å². The fourth-order valence-electron chi connectivity index (χ4n) is 3.20. The van der Waals surface area contributed by atoms with E-state index in [1.54, 1.807) is 0 Å². The van der Waals surface area contributed by atoms with Gasteiger partial charge in [-0.2, -0.15) is 0 Å². The monoisotopic (exact) mass is 373 g/mol. The Bertz CT molecular complexity index is 759. The van der Waals surface area contributed by atoms with Gasteiger partial charge >= 0.3 is 6.09 Å². The fraction of sp³-hybridized carbons (Fsp3) is 0.421. The van der Waals surface area contributed by atoms with Crippen molar-refractivity contribution in [2.24, 2.45) is 0 Å². The van der Waals surface area contributed by atoms with Crippen molar-refractivity contribution in [2.45, 2.75) is 25.5 Å². The van der Waals surface area contributed by atoms with Gasteiger partial charge in [0, 0.05) is 19.2 Å². The highest BCUT2D eigenvalue weighted by Crippen LogP contribution is 2.26. The molecule has 1 saturated heterocycles. The van der Waals surface area contributed by atoms with Gasteiger partial charge in [0.1, 0.15) is 12.7 Å². The first-order valence-electron chi connectivity index (χ1n) is 8.88. The molecule has 0 spiro atoms. The lowest BCUT2D eigenvalue weighted by molar-refractivity contribution is -0.122. The zero-order valence-electron chi connectivity index (χ0n) is 15.1. The lowest BCUT2D eigenvalue weighted by Crippen LogP contribution is -2.40. The Kier molecular flexibility index (Phi) is 5.88. The number of nitrogens with one attached hydrogen (secondary N) is 2. The molecule has 2 heterocycles. The molecule has 2 aliphatic rings. The number of anilines is 1. The van der Waals surface area contributed by atoms with E-state index < -0.39 is 18.7 Å². The van der Waals surface area contributed by atoms with E-state index in [0.29, 0.717) is 18.8 Å². The molecule has 144 valence electrons. The summed E-state index contributed by atoms with van der Waals surface area (Å²) in [6, 6.07) is 7.01. The number of amides is 2. The number of aliphatic hydroxyl groups excluding tert-OH is 1. The number of carbonyl (C=O) groups excluding carboxylic acids is 3. The molecule has 1 aromatic rings. The number of aliphatic hydroxyl groups is 1. The first kappa shape index (κ1) is 19.1. The third-order valence-corrected chi connectivity index (χ3v) is 4.63. The second-order valence-corrected chi connectivity index (χ2v) is 6.60. The van der Waals surface area contributed by atoms with Gasteiger partial charge in [0.2, 0.25) is 5.91 Å². The lowest BCUT2D eigenvalue weighted by atomic mass is 9.95. The molecule has 1 fully saturated rings. The Labute approximate surface area is 157 Å². The third-order valence-electron chi connectivity index (χ3n) is 4.63. The first-order chi connectivity index (χ1) is 13.0. The molecule has 3 N–H and O–H groups in total. The average molecular weight is 373 g/mol. The fourth-order valence-corrected chi connectivity index (χ4v) is 3.20. The van der Waals surface area contributed by atoms with Gasteiger partial charge in [0.25, 0.3) is 0 Å². The van der Waals surface area contributed by atoms with Crippen LogP contribution in [0.3, 0.4) is 0 Å². The van der Waals surface area contributed by atoms with Crippen LogP contribution in [0.4, 0.5) is 10.5 Å². The number of hydrogen-bond donors (Lipinski definition) is 3. The molecule has 2 amide bonds. The predicted octanol–water partition coefficient (Wildman–Crippen LogP) is 0.455. The maximum Gasteiger partial charge on any atom is 0.414 e. The minimum Gasteiger partial charge on any atom is -0.442 e. The number of ketones is 1. The van der Waals surface area contributed by atoms with Gasteiger partial charge in [-0.25, -0.2) is 4.79 Å². The van der Waals surface area contributed by atoms with Crippen LogP contribution in [-0.4, -0.2) is 61.3 Å². The number of rotatable bonds is 6. The SMILES string of the molecule is CC(=O)NC[C@H]1CN(c2ccc(C3=CC(C(=O)CO)NCC3)cc2)C(=O)O1. The van der Waals surface area contributed by atoms with E-state index in [0.717, 1.165) is 17.6 Å². The standard InChI is InChI=1S/C19H23N3O5/c1-12(24)21-9-16-10-22(19(26)27-16)15-4-2-13(3-5-15)14-6-7-20-17(8-14)18(25)11-23/h2-5,8,16-17,20,23H,6-7,9-11H2,1H3,(H,21,24)/t16-,17?/m0/s1. The Morgan fingerprint density at radius 1 is 1.33 bits per heavy atom. The van der Waals surface area contributed by atoms with Gasteiger partial charge < -0.3 is 20.5 Å². The van der Waals surface area contributed by atoms with Crippen molar-refractivity contribution >= 4 is 29.0 Å². The molecule has 1 aromatic carbocycles. The minimum atomic E-state index is -0.489. The van der Waals surface area contributed by atoms with E-state index in [-0.39, 0.29) is 24.3 Å². The van der Waals surface area contributed by atoms with Crippen molar-refractivity contribution in [3.63, 3.8) is 0 Å². The summed E-state index contributed by atoms with van der Waals surface area (Å²) in [4.78, 5) is 36.3. The van der Waals surface area contributed by atoms with Gasteiger partial charge in [-0.3, -0.25) is 14.5 Å². The molecule has 0 radical (unpaired) electrons. The van der Waals surface area contributed by atoms with E-state index >= 15 is 0 Å². The number of hydrogen-bond acceptors (Lipinski definition) is 6. The molecule has 0 saturated carbocycles. The van der Waals surface area contributed by atoms with Crippen molar-refractivity contribution in [2.75, 3.05) is 31.1 Å². The summed E-state index contributed by atoms with van der Waals surface area (Å²) >= 11 is 0. The molecular formula is C19H23N3O5. The summed E-state index contributed by atoms with van der Waals surface area (Å²) in [7, 11) is 0. The largest absolute Gasteiger partial charge is 0.442 e. The zero-order valence-corrected chi connectivity index (χ0v) is 15.1. The van der Waals surface area contributed by atoms with Crippen molar-refractivity contribution < 1.29 is 24.2 Å². The summed E-state index contributed by atoms with van der Waals surface area (Å²) in [6.45, 7) is 2.25. The van der Waals surface area contributed by atoms with Crippen LogP contribution in [0.1, 0.15) is 18.9 Å². The highest BCUT2D eigenvalue weighted by atomic mass is 16.6. The number of carbonyl (C=O) groups is 3. The van der Waals surface area contributed by atoms with Crippen molar-refractivity contribution in [3.05, 3.63) is 35.9 Å². The normalized spacial score (nSPS) is 22.2. The van der Waals surface area contributed by atoms with Gasteiger partial charge in [-0.05, 0) is 29.7 Å². The summed E-state index contributed by atoms with van der Waals surface area (Å²) < 4.78 is 5.27. The molecule has 3 rings (SSSR count). The Morgan fingerprint density at radius 2 is 2.07 bits per heavy atom. The van der Waals surface area contributed by atoms with Gasteiger partial charge in [0.15, 0.2) is 5.78 Å². The summed E-state index contributed by atoms with van der Waals surface area (Å²) in [6.07, 6.45) is 1.80. The molecule has 27 heavy (non-hydrogen) atoms. The zero-order chi connectivity index (χ0) is 19.4. The molecule has 1 unspecified atom stereocenters. The van der Waals surface area contributed by atoms with Crippen LogP contribution >= 0.6 is 0 Å². The molecule has 8 heteroatoms. The molecule has 2 aliphatic heterocycles. The Hall–Kier alpha value is -2.71. The highest BCUT2D eigenvalue weighted by molar-refractivity contribution is 5.91. The maximum atomic E-state index is 12.1. The van der Waals surface area contributed by atoms with Crippen LogP contribution in [-0.2, 0) is 14.3 Å². The van der Waals surface area contributed by atoms with Crippen molar-refractivity contribution in [1.29, 1.82) is 0 Å². The van der Waals surface area contributed by atoms with Gasteiger partial charge in [-0.1, -0.05) is 18.2 Å². The average Bonchev–Trinajstić information content (AvgIpc) is 3.06. The van der Waals surface area contributed by atoms with E-state index in [2.05, 4.69) is 10.6 Å². The second kappa shape index (κ2) is 8.32. The maximum absolute atomic E-state index is 12.1. The molecule has 0 bridgehead atoms. The quantitative estimate of drug-likeness (QED) is 0.668. The van der Waals surface area contributed by atoms with Crippen LogP contribution in [0.5, 0.6) is 0 Å². The molecule has 2 atom stereocenters. The smallest absolute Gasteiger partial charge is 0.414 e. The number of ether oxygens (including phenoxy) is 1. The first-order valence-corrected chi connectivity index (χ1v) is 8.88. The van der Waals surface area contributed by atoms with Crippen LogP contribution in [0, 0.1) is 0 Å².